The Kier molecular flexibility index (Phi) is 6.40. The van der Waals surface area contributed by atoms with Crippen LogP contribution in [0.2, 0.25) is 0 Å². The summed E-state index contributed by atoms with van der Waals surface area (Å²) in [6.45, 7) is 6.11. The zero-order chi connectivity index (χ0) is 17.5. The Labute approximate surface area is 135 Å². The standard InChI is InChI=1S/C14H14O2.C4H6O3/c1-14(2,3)8-7-11-9-10-5-4-6-12(15)13(10)16-11;1-7-3-2-4(5)6/h4-5,9H,6H2,1-3H3;2-3H,1H3,(H,5,6)/b;3-2+. The third-order valence-corrected chi connectivity index (χ3v) is 2.52. The predicted molar refractivity (Wildman–Crippen MR) is 86.8 cm³/mol. The number of carbonyl (C=O) groups excluding carboxylic acids is 1. The first-order chi connectivity index (χ1) is 10.7. The molecule has 0 radical (unpaired) electrons. The average molecular weight is 316 g/mol. The van der Waals surface area contributed by atoms with Crippen molar-refractivity contribution >= 4 is 17.8 Å². The summed E-state index contributed by atoms with van der Waals surface area (Å²) >= 11 is 0. The number of carbonyl (C=O) groups is 2. The number of hydrogen-bond acceptors (Lipinski definition) is 4. The summed E-state index contributed by atoms with van der Waals surface area (Å²) in [4.78, 5) is 21.1. The Balaban J connectivity index is 0.000000322. The fraction of sp³-hybridized carbons (Fsp3) is 0.333. The Bertz CT molecular complexity index is 687. The number of carboxylic acid groups (broad SMARTS) is 1. The molecular formula is C18H20O5. The number of hydrogen-bond donors (Lipinski definition) is 1. The van der Waals surface area contributed by atoms with Gasteiger partial charge in [0.25, 0.3) is 0 Å². The molecule has 1 aromatic rings. The van der Waals surface area contributed by atoms with Crippen LogP contribution < -0.4 is 0 Å². The number of methoxy groups -OCH3 is 1. The monoisotopic (exact) mass is 316 g/mol. The van der Waals surface area contributed by atoms with Gasteiger partial charge in [-0.2, -0.15) is 0 Å². The lowest BCUT2D eigenvalue weighted by molar-refractivity contribution is -0.131. The molecule has 0 fully saturated rings. The first-order valence-corrected chi connectivity index (χ1v) is 7.02. The molecule has 0 aliphatic heterocycles. The minimum atomic E-state index is -0.998. The van der Waals surface area contributed by atoms with Crippen molar-refractivity contribution in [3.05, 3.63) is 41.6 Å². The van der Waals surface area contributed by atoms with Crippen molar-refractivity contribution in [1.82, 2.24) is 0 Å². The Hall–Kier alpha value is -2.74. The minimum Gasteiger partial charge on any atom is -0.504 e. The lowest BCUT2D eigenvalue weighted by Gasteiger charge is -2.06. The molecule has 0 atom stereocenters. The minimum absolute atomic E-state index is 0.0290. The van der Waals surface area contributed by atoms with Crippen molar-refractivity contribution < 1.29 is 23.8 Å². The lowest BCUT2D eigenvalue weighted by atomic mass is 9.98. The van der Waals surface area contributed by atoms with Gasteiger partial charge < -0.3 is 14.3 Å². The van der Waals surface area contributed by atoms with Crippen molar-refractivity contribution in [2.75, 3.05) is 7.11 Å². The summed E-state index contributed by atoms with van der Waals surface area (Å²) in [6, 6.07) is 1.82. The number of ether oxygens (including phenoxy) is 1. The van der Waals surface area contributed by atoms with Gasteiger partial charge in [0.2, 0.25) is 5.78 Å². The van der Waals surface area contributed by atoms with E-state index in [2.05, 4.69) is 16.6 Å². The van der Waals surface area contributed by atoms with Crippen molar-refractivity contribution in [2.24, 2.45) is 5.41 Å². The predicted octanol–water partition coefficient (Wildman–Crippen LogP) is 3.51. The van der Waals surface area contributed by atoms with Gasteiger partial charge >= 0.3 is 5.97 Å². The summed E-state index contributed by atoms with van der Waals surface area (Å²) in [5.41, 5.74) is 0.780. The van der Waals surface area contributed by atoms with Crippen molar-refractivity contribution in [3.63, 3.8) is 0 Å². The molecule has 0 spiro atoms. The number of rotatable bonds is 2. The second-order valence-corrected chi connectivity index (χ2v) is 5.80. The number of carboxylic acids is 1. The molecule has 0 saturated heterocycles. The summed E-state index contributed by atoms with van der Waals surface area (Å²) in [5, 5.41) is 7.88. The Morgan fingerprint density at radius 2 is 2.13 bits per heavy atom. The molecule has 0 unspecified atom stereocenters. The molecule has 2 rings (SSSR count). The molecule has 0 aromatic carbocycles. The highest BCUT2D eigenvalue weighted by molar-refractivity contribution is 6.00. The number of aliphatic carboxylic acids is 1. The Morgan fingerprint density at radius 1 is 1.43 bits per heavy atom. The number of furan rings is 1. The van der Waals surface area contributed by atoms with E-state index in [1.807, 2.05) is 39.0 Å². The number of Topliss-reactive ketones (excluding diaryl/α,β-unsaturated/α-hetero) is 1. The van der Waals surface area contributed by atoms with E-state index < -0.39 is 5.97 Å². The third-order valence-electron chi connectivity index (χ3n) is 2.52. The summed E-state index contributed by atoms with van der Waals surface area (Å²) in [7, 11) is 1.39. The SMILES string of the molecule is CC(C)(C)C#Cc1cc2c(o1)C(=O)CC=C2.CO/C=C/C(=O)O. The largest absolute Gasteiger partial charge is 0.504 e. The molecule has 5 nitrogen and oxygen atoms in total. The topological polar surface area (TPSA) is 76.7 Å². The number of ketones is 1. The first kappa shape index (κ1) is 18.3. The quantitative estimate of drug-likeness (QED) is 0.513. The molecule has 0 saturated carbocycles. The molecule has 1 aliphatic rings. The van der Waals surface area contributed by atoms with Crippen molar-refractivity contribution in [3.8, 4) is 11.8 Å². The van der Waals surface area contributed by atoms with Gasteiger partial charge in [-0.3, -0.25) is 4.79 Å². The van der Waals surface area contributed by atoms with E-state index in [1.165, 1.54) is 7.11 Å². The second kappa shape index (κ2) is 8.04. The Morgan fingerprint density at radius 3 is 2.61 bits per heavy atom. The van der Waals surface area contributed by atoms with Crippen LogP contribution in [0.15, 0.2) is 28.9 Å². The molecule has 0 amide bonds. The highest BCUT2D eigenvalue weighted by Crippen LogP contribution is 2.23. The van der Waals surface area contributed by atoms with Crippen LogP contribution in [0, 0.1) is 17.3 Å². The maximum Gasteiger partial charge on any atom is 0.331 e. The van der Waals surface area contributed by atoms with Crippen LogP contribution in [0.4, 0.5) is 0 Å². The second-order valence-electron chi connectivity index (χ2n) is 5.80. The van der Waals surface area contributed by atoms with Crippen LogP contribution in [0.3, 0.4) is 0 Å². The van der Waals surface area contributed by atoms with E-state index in [4.69, 9.17) is 9.52 Å². The average Bonchev–Trinajstić information content (AvgIpc) is 2.87. The summed E-state index contributed by atoms with van der Waals surface area (Å²) in [6.07, 6.45) is 6.19. The molecule has 1 aromatic heterocycles. The van der Waals surface area contributed by atoms with E-state index in [1.54, 1.807) is 0 Å². The molecule has 5 heteroatoms. The van der Waals surface area contributed by atoms with Gasteiger partial charge in [-0.15, -0.1) is 0 Å². The maximum atomic E-state index is 11.5. The molecule has 1 aliphatic carbocycles. The van der Waals surface area contributed by atoms with Gasteiger partial charge in [0.05, 0.1) is 19.4 Å². The highest BCUT2D eigenvalue weighted by Gasteiger charge is 2.18. The van der Waals surface area contributed by atoms with Crippen LogP contribution in [0.1, 0.15) is 49.1 Å². The number of allylic oxidation sites excluding steroid dienone is 1. The van der Waals surface area contributed by atoms with Crippen molar-refractivity contribution in [1.29, 1.82) is 0 Å². The van der Waals surface area contributed by atoms with E-state index in [-0.39, 0.29) is 11.2 Å². The van der Waals surface area contributed by atoms with E-state index in [9.17, 15) is 9.59 Å². The number of fused-ring (bicyclic) bond motifs is 1. The fourth-order valence-electron chi connectivity index (χ4n) is 1.57. The first-order valence-electron chi connectivity index (χ1n) is 7.02. The van der Waals surface area contributed by atoms with E-state index in [0.29, 0.717) is 17.9 Å². The van der Waals surface area contributed by atoms with Crippen molar-refractivity contribution in [2.45, 2.75) is 27.2 Å². The summed E-state index contributed by atoms with van der Waals surface area (Å²) in [5.74, 6) is 6.09. The van der Waals surface area contributed by atoms with Gasteiger partial charge in [-0.05, 0) is 26.7 Å². The van der Waals surface area contributed by atoms with Crippen LogP contribution in [-0.2, 0) is 9.53 Å². The fourth-order valence-corrected chi connectivity index (χ4v) is 1.57. The van der Waals surface area contributed by atoms with Gasteiger partial charge in [0.1, 0.15) is 0 Å². The maximum absolute atomic E-state index is 11.5. The molecule has 1 heterocycles. The van der Waals surface area contributed by atoms with Gasteiger partial charge in [0, 0.05) is 23.5 Å². The smallest absolute Gasteiger partial charge is 0.331 e. The summed E-state index contributed by atoms with van der Waals surface area (Å²) < 4.78 is 9.73. The lowest BCUT2D eigenvalue weighted by Crippen LogP contribution is -2.00. The van der Waals surface area contributed by atoms with Crippen LogP contribution in [-0.4, -0.2) is 24.0 Å². The molecule has 1 N–H and O–H groups in total. The highest BCUT2D eigenvalue weighted by atomic mass is 16.5. The zero-order valence-corrected chi connectivity index (χ0v) is 13.7. The molecule has 0 bridgehead atoms. The van der Waals surface area contributed by atoms with E-state index in [0.717, 1.165) is 17.9 Å². The third kappa shape index (κ3) is 6.70. The normalized spacial score (nSPS) is 12.8. The van der Waals surface area contributed by atoms with Gasteiger partial charge in [0.15, 0.2) is 11.5 Å². The van der Waals surface area contributed by atoms with E-state index >= 15 is 0 Å². The molecule has 122 valence electrons. The van der Waals surface area contributed by atoms with Crippen LogP contribution in [0.5, 0.6) is 0 Å². The van der Waals surface area contributed by atoms with Gasteiger partial charge in [-0.1, -0.05) is 18.1 Å². The molecule has 23 heavy (non-hydrogen) atoms. The van der Waals surface area contributed by atoms with Gasteiger partial charge in [-0.25, -0.2) is 4.79 Å². The zero-order valence-electron chi connectivity index (χ0n) is 13.7. The van der Waals surface area contributed by atoms with Crippen LogP contribution >= 0.6 is 0 Å². The van der Waals surface area contributed by atoms with Crippen LogP contribution in [0.25, 0.3) is 6.08 Å². The molecular weight excluding hydrogens is 296 g/mol.